The lowest BCUT2D eigenvalue weighted by Gasteiger charge is -2.30. The van der Waals surface area contributed by atoms with Crippen molar-refractivity contribution >= 4 is 43.6 Å². The molecule has 0 atom stereocenters. The van der Waals surface area contributed by atoms with E-state index in [0.717, 1.165) is 0 Å². The van der Waals surface area contributed by atoms with E-state index in [1.165, 1.54) is 41.5 Å². The number of phosphoric ester groups is 1. The van der Waals surface area contributed by atoms with Crippen LogP contribution in [0.3, 0.4) is 0 Å². The van der Waals surface area contributed by atoms with E-state index < -0.39 is 62.0 Å². The Balaban J connectivity index is 6.83. The summed E-state index contributed by atoms with van der Waals surface area (Å²) < 4.78 is 65.8. The lowest BCUT2D eigenvalue weighted by molar-refractivity contribution is -0.140. The SMILES string of the molecule is C=C(C)C(=O)OCCCC(CCCOC(=O)C(=C)C)OP(=O)(OC(CCCOC(=O)C(=C)C)CCCOC(=O)C(=C)C)OC(CCCOC(=O)C(=C)C)CCCOC(=O)C(=C)C. The second-order valence-electron chi connectivity index (χ2n) is 15.0. The Kier molecular flexibility index (Phi) is 29.7. The van der Waals surface area contributed by atoms with Gasteiger partial charge in [0, 0.05) is 33.4 Å². The lowest BCUT2D eigenvalue weighted by atomic mass is 10.1. The fraction of sp³-hybridized carbons (Fsp3) is 0.600. The molecule has 350 valence electrons. The zero-order valence-corrected chi connectivity index (χ0v) is 38.6. The van der Waals surface area contributed by atoms with E-state index >= 15 is 4.57 Å². The largest absolute Gasteiger partial charge is 0.475 e. The van der Waals surface area contributed by atoms with Crippen LogP contribution in [0, 0.1) is 0 Å². The van der Waals surface area contributed by atoms with Crippen molar-refractivity contribution in [3.8, 4) is 0 Å². The molecule has 0 heterocycles. The van der Waals surface area contributed by atoms with Gasteiger partial charge in [-0.05, 0) is 119 Å². The van der Waals surface area contributed by atoms with E-state index in [1.54, 1.807) is 0 Å². The number of phosphoric acid groups is 1. The average Bonchev–Trinajstić information content (AvgIpc) is 3.19. The first-order chi connectivity index (χ1) is 29.1. The molecule has 0 saturated carbocycles. The highest BCUT2D eigenvalue weighted by atomic mass is 31.2. The Bertz CT molecular complexity index is 1340. The van der Waals surface area contributed by atoms with Gasteiger partial charge in [-0.3, -0.25) is 13.6 Å². The summed E-state index contributed by atoms with van der Waals surface area (Å²) in [5, 5.41) is 0. The summed E-state index contributed by atoms with van der Waals surface area (Å²) >= 11 is 0. The van der Waals surface area contributed by atoms with Gasteiger partial charge in [0.2, 0.25) is 0 Å². The van der Waals surface area contributed by atoms with Crippen LogP contribution in [0.5, 0.6) is 0 Å². The second kappa shape index (κ2) is 32.1. The first-order valence-corrected chi connectivity index (χ1v) is 22.2. The minimum absolute atomic E-state index is 0.00885. The molecular formula is C45H69O16P. The molecule has 0 radical (unpaired) electrons. The fourth-order valence-corrected chi connectivity index (χ4v) is 6.84. The number of hydrogen-bond acceptors (Lipinski definition) is 16. The number of carbonyl (C=O) groups is 6. The highest BCUT2D eigenvalue weighted by molar-refractivity contribution is 7.48. The van der Waals surface area contributed by atoms with Gasteiger partial charge in [-0.2, -0.15) is 0 Å². The molecule has 0 aliphatic carbocycles. The maximum absolute atomic E-state index is 15.2. The highest BCUT2D eigenvalue weighted by Crippen LogP contribution is 2.55. The predicted molar refractivity (Wildman–Crippen MR) is 232 cm³/mol. The second-order valence-corrected chi connectivity index (χ2v) is 16.5. The normalized spacial score (nSPS) is 11.1. The minimum Gasteiger partial charge on any atom is -0.462 e. The van der Waals surface area contributed by atoms with Crippen molar-refractivity contribution in [3.63, 3.8) is 0 Å². The van der Waals surface area contributed by atoms with E-state index in [1.807, 2.05) is 0 Å². The Hall–Kier alpha value is -4.63. The van der Waals surface area contributed by atoms with Crippen molar-refractivity contribution in [2.24, 2.45) is 0 Å². The van der Waals surface area contributed by atoms with Crippen LogP contribution in [-0.4, -0.2) is 93.8 Å². The van der Waals surface area contributed by atoms with Crippen LogP contribution in [-0.2, 0) is 75.3 Å². The first kappa shape index (κ1) is 57.4. The molecule has 0 rings (SSSR count). The van der Waals surface area contributed by atoms with Gasteiger partial charge in [-0.15, -0.1) is 0 Å². The Labute approximate surface area is 367 Å². The molecule has 0 fully saturated rings. The maximum Gasteiger partial charge on any atom is 0.475 e. The van der Waals surface area contributed by atoms with Crippen molar-refractivity contribution in [3.05, 3.63) is 72.9 Å². The van der Waals surface area contributed by atoms with Crippen molar-refractivity contribution in [2.45, 2.75) is 137 Å². The van der Waals surface area contributed by atoms with Crippen LogP contribution in [0.1, 0.15) is 119 Å². The van der Waals surface area contributed by atoms with Gasteiger partial charge in [0.15, 0.2) is 0 Å². The van der Waals surface area contributed by atoms with Crippen LogP contribution in [0.2, 0.25) is 0 Å². The smallest absolute Gasteiger partial charge is 0.462 e. The highest BCUT2D eigenvalue weighted by Gasteiger charge is 2.37. The summed E-state index contributed by atoms with van der Waals surface area (Å²) in [4.78, 5) is 72.5. The standard InChI is InChI=1S/C45H69O16P/c1-31(2)40(46)53-25-13-19-37(20-14-26-54-41(47)32(3)4)59-62(52,60-38(21-15-27-55-42(48)33(5)6)22-16-28-56-43(49)34(7)8)61-39(23-17-29-57-44(50)35(9)10)24-18-30-58-45(51)36(11)12/h37-39H,1,3,5,7,9,11,13-30H2,2,4,6,8,10,12H3. The molecule has 0 saturated heterocycles. The Morgan fingerprint density at radius 3 is 0.613 bits per heavy atom. The van der Waals surface area contributed by atoms with E-state index in [9.17, 15) is 28.8 Å². The first-order valence-electron chi connectivity index (χ1n) is 20.7. The van der Waals surface area contributed by atoms with E-state index in [4.69, 9.17) is 42.0 Å². The minimum atomic E-state index is -4.62. The molecule has 0 aliphatic heterocycles. The van der Waals surface area contributed by atoms with Gasteiger partial charge in [0.05, 0.1) is 58.0 Å². The quantitative estimate of drug-likeness (QED) is 0.0190. The number of rotatable bonds is 36. The molecule has 62 heavy (non-hydrogen) atoms. The summed E-state index contributed by atoms with van der Waals surface area (Å²) in [6, 6.07) is 0. The number of hydrogen-bond donors (Lipinski definition) is 0. The summed E-state index contributed by atoms with van der Waals surface area (Å²) in [5.74, 6) is -3.48. The van der Waals surface area contributed by atoms with Crippen LogP contribution in [0.15, 0.2) is 72.9 Å². The van der Waals surface area contributed by atoms with Gasteiger partial charge in [0.1, 0.15) is 0 Å². The average molecular weight is 897 g/mol. The number of ether oxygens (including phenoxy) is 6. The van der Waals surface area contributed by atoms with Gasteiger partial charge in [-0.25, -0.2) is 33.3 Å². The van der Waals surface area contributed by atoms with Gasteiger partial charge in [0.25, 0.3) is 0 Å². The molecule has 0 aromatic heterocycles. The molecule has 16 nitrogen and oxygen atoms in total. The molecule has 0 spiro atoms. The van der Waals surface area contributed by atoms with E-state index in [2.05, 4.69) is 39.5 Å². The molecule has 0 N–H and O–H groups in total. The number of esters is 6. The van der Waals surface area contributed by atoms with E-state index in [-0.39, 0.29) is 150 Å². The van der Waals surface area contributed by atoms with Crippen molar-refractivity contribution in [1.29, 1.82) is 0 Å². The maximum atomic E-state index is 15.2. The van der Waals surface area contributed by atoms with Gasteiger partial charge >= 0.3 is 43.6 Å². The molecule has 0 bridgehead atoms. The number of carbonyl (C=O) groups excluding carboxylic acids is 6. The van der Waals surface area contributed by atoms with Crippen LogP contribution < -0.4 is 0 Å². The van der Waals surface area contributed by atoms with Gasteiger partial charge in [-0.1, -0.05) is 39.5 Å². The molecular weight excluding hydrogens is 827 g/mol. The van der Waals surface area contributed by atoms with Gasteiger partial charge < -0.3 is 28.4 Å². The molecule has 0 amide bonds. The van der Waals surface area contributed by atoms with Crippen LogP contribution in [0.4, 0.5) is 0 Å². The van der Waals surface area contributed by atoms with Crippen molar-refractivity contribution in [2.75, 3.05) is 39.6 Å². The molecule has 17 heteroatoms. The predicted octanol–water partition coefficient (Wildman–Crippen LogP) is 8.65. The molecule has 0 aromatic rings. The Morgan fingerprint density at radius 1 is 0.339 bits per heavy atom. The van der Waals surface area contributed by atoms with Crippen molar-refractivity contribution < 1.29 is 75.3 Å². The summed E-state index contributed by atoms with van der Waals surface area (Å²) in [6.45, 7) is 30.6. The summed E-state index contributed by atoms with van der Waals surface area (Å²) in [7, 11) is -4.62. The van der Waals surface area contributed by atoms with Crippen LogP contribution >= 0.6 is 7.82 Å². The van der Waals surface area contributed by atoms with E-state index in [0.29, 0.717) is 0 Å². The Morgan fingerprint density at radius 2 is 0.484 bits per heavy atom. The third kappa shape index (κ3) is 28.1. The molecule has 0 unspecified atom stereocenters. The molecule has 0 aliphatic rings. The monoisotopic (exact) mass is 896 g/mol. The van der Waals surface area contributed by atoms with Crippen LogP contribution in [0.25, 0.3) is 0 Å². The fourth-order valence-electron chi connectivity index (χ4n) is 4.97. The molecule has 0 aromatic carbocycles. The third-order valence-electron chi connectivity index (χ3n) is 8.35. The summed E-state index contributed by atoms with van der Waals surface area (Å²) in [6.07, 6.45) is 0.266. The lowest BCUT2D eigenvalue weighted by Crippen LogP contribution is -2.24. The zero-order chi connectivity index (χ0) is 47.3. The topological polar surface area (TPSA) is 203 Å². The summed E-state index contributed by atoms with van der Waals surface area (Å²) in [5.41, 5.74) is 1.29. The third-order valence-corrected chi connectivity index (χ3v) is 10.0. The van der Waals surface area contributed by atoms with Crippen molar-refractivity contribution in [1.82, 2.24) is 0 Å². The zero-order valence-electron chi connectivity index (χ0n) is 37.7.